The minimum absolute atomic E-state index is 0.0413. The van der Waals surface area contributed by atoms with E-state index in [2.05, 4.69) is 60.7 Å². The lowest BCUT2D eigenvalue weighted by Gasteiger charge is -2.23. The molecule has 1 aliphatic rings. The van der Waals surface area contributed by atoms with Crippen LogP contribution in [0.4, 0.5) is 21.9 Å². The molecule has 0 bridgehead atoms. The molecule has 0 fully saturated rings. The Morgan fingerprint density at radius 3 is 2.05 bits per heavy atom. The van der Waals surface area contributed by atoms with E-state index in [1.807, 2.05) is 55.5 Å². The van der Waals surface area contributed by atoms with Crippen LogP contribution >= 0.6 is 0 Å². The van der Waals surface area contributed by atoms with E-state index < -0.39 is 17.9 Å². The van der Waals surface area contributed by atoms with Gasteiger partial charge in [-0.1, -0.05) is 108 Å². The van der Waals surface area contributed by atoms with Gasteiger partial charge >= 0.3 is 6.03 Å². The van der Waals surface area contributed by atoms with Crippen LogP contribution in [0.15, 0.2) is 101 Å². The Morgan fingerprint density at radius 1 is 0.702 bits per heavy atom. The maximum Gasteiger partial charge on any atom is 0.323 e. The van der Waals surface area contributed by atoms with Crippen LogP contribution in [0.1, 0.15) is 122 Å². The SMILES string of the molecule is CCCCCCCCCCCCC(Oc1cccc(CCCC)c1)C(=O)NC1=CC(=O)C(NC(=O)Nc2ccccc2)=CC1=Nc1ccc(N(CC)CC)cc1C. The Kier molecular flexibility index (Phi) is 19.1. The number of benzene rings is 3. The van der Waals surface area contributed by atoms with Crippen molar-refractivity contribution in [2.24, 2.45) is 4.99 Å². The van der Waals surface area contributed by atoms with Gasteiger partial charge in [-0.25, -0.2) is 9.79 Å². The number of urea groups is 1. The number of aryl methyl sites for hydroxylation is 2. The quantitative estimate of drug-likeness (QED) is 0.0619. The third-order valence-corrected chi connectivity index (χ3v) is 10.3. The van der Waals surface area contributed by atoms with Gasteiger partial charge in [0, 0.05) is 30.5 Å². The molecule has 3 amide bonds. The number of nitrogens with one attached hydrogen (secondary N) is 3. The maximum absolute atomic E-state index is 14.2. The number of aliphatic imine (C=N–C) groups is 1. The summed E-state index contributed by atoms with van der Waals surface area (Å²) in [5.41, 5.74) is 5.10. The van der Waals surface area contributed by atoms with E-state index in [0.29, 0.717) is 29.3 Å². The summed E-state index contributed by atoms with van der Waals surface area (Å²) < 4.78 is 6.46. The number of amides is 3. The number of ether oxygens (including phenoxy) is 1. The number of hydrogen-bond donors (Lipinski definition) is 3. The molecule has 9 heteroatoms. The van der Waals surface area contributed by atoms with Crippen LogP contribution in [0.25, 0.3) is 0 Å². The van der Waals surface area contributed by atoms with Crippen molar-refractivity contribution in [1.29, 1.82) is 0 Å². The molecular weight excluding hydrogens is 711 g/mol. The topological polar surface area (TPSA) is 112 Å². The fraction of sp³-hybridized carbons (Fsp3) is 0.458. The normalized spacial score (nSPS) is 13.8. The highest BCUT2D eigenvalue weighted by molar-refractivity contribution is 6.24. The third kappa shape index (κ3) is 15.0. The van der Waals surface area contributed by atoms with Crippen LogP contribution < -0.4 is 25.6 Å². The number of rotatable bonds is 24. The van der Waals surface area contributed by atoms with E-state index in [1.165, 1.54) is 62.7 Å². The zero-order chi connectivity index (χ0) is 40.8. The zero-order valence-electron chi connectivity index (χ0n) is 35.0. The van der Waals surface area contributed by atoms with Gasteiger partial charge in [0.15, 0.2) is 6.10 Å². The standard InChI is InChI=1S/C48H65N5O4/c1-6-10-12-13-14-15-16-17-18-22-29-46(57-40-28-23-25-37(33-40)24-11-7-2)47(55)51-43-35-45(54)44(52-48(56)49-38-26-20-19-21-27-38)34-42(43)50-41-31-30-39(32-36(41)5)53(8-3)9-4/h19-21,23,25-28,30-35,46H,6-18,22,24,29H2,1-5H3,(H,51,55)(H2,49,52,56). The van der Waals surface area contributed by atoms with Gasteiger partial charge in [0.1, 0.15) is 5.75 Å². The van der Waals surface area contributed by atoms with E-state index in [9.17, 15) is 14.4 Å². The fourth-order valence-electron chi connectivity index (χ4n) is 6.94. The molecule has 3 aromatic carbocycles. The molecule has 0 spiro atoms. The Morgan fingerprint density at radius 2 is 1.39 bits per heavy atom. The molecule has 9 nitrogen and oxygen atoms in total. The van der Waals surface area contributed by atoms with Gasteiger partial charge in [0.25, 0.3) is 5.91 Å². The van der Waals surface area contributed by atoms with Crippen LogP contribution in [0.5, 0.6) is 5.75 Å². The van der Waals surface area contributed by atoms with Gasteiger partial charge in [0.05, 0.1) is 22.8 Å². The molecule has 1 aliphatic carbocycles. The van der Waals surface area contributed by atoms with Gasteiger partial charge < -0.3 is 25.6 Å². The molecule has 4 rings (SSSR count). The molecule has 3 aromatic rings. The number of carbonyl (C=O) groups is 3. The number of anilines is 2. The number of allylic oxidation sites excluding steroid dienone is 2. The summed E-state index contributed by atoms with van der Waals surface area (Å²) in [6.07, 6.45) is 17.6. The van der Waals surface area contributed by atoms with Gasteiger partial charge in [0.2, 0.25) is 5.78 Å². The number of nitrogens with zero attached hydrogens (tertiary/aromatic N) is 2. The lowest BCUT2D eigenvalue weighted by atomic mass is 10.0. The highest BCUT2D eigenvalue weighted by atomic mass is 16.5. The summed E-state index contributed by atoms with van der Waals surface area (Å²) in [5.74, 6) is -0.160. The van der Waals surface area contributed by atoms with Crippen LogP contribution in [0, 0.1) is 6.92 Å². The van der Waals surface area contributed by atoms with Crippen molar-refractivity contribution in [3.8, 4) is 5.75 Å². The first-order chi connectivity index (χ1) is 27.7. The maximum atomic E-state index is 14.2. The second-order valence-corrected chi connectivity index (χ2v) is 14.9. The third-order valence-electron chi connectivity index (χ3n) is 10.3. The molecule has 0 radical (unpaired) electrons. The van der Waals surface area contributed by atoms with Crippen molar-refractivity contribution in [1.82, 2.24) is 10.6 Å². The monoisotopic (exact) mass is 776 g/mol. The number of hydrogen-bond acceptors (Lipinski definition) is 6. The van der Waals surface area contributed by atoms with Crippen LogP contribution in [0.3, 0.4) is 0 Å². The van der Waals surface area contributed by atoms with Crippen LogP contribution in [-0.4, -0.2) is 42.6 Å². The number of ketones is 1. The molecular formula is C48H65N5O4. The van der Waals surface area contributed by atoms with E-state index in [-0.39, 0.29) is 17.3 Å². The average Bonchev–Trinajstić information content (AvgIpc) is 3.20. The highest BCUT2D eigenvalue weighted by Crippen LogP contribution is 2.27. The second kappa shape index (κ2) is 24.5. The predicted molar refractivity (Wildman–Crippen MR) is 236 cm³/mol. The van der Waals surface area contributed by atoms with Crippen molar-refractivity contribution >= 4 is 40.5 Å². The molecule has 0 aromatic heterocycles. The summed E-state index contributed by atoms with van der Waals surface area (Å²) in [7, 11) is 0. The lowest BCUT2D eigenvalue weighted by Crippen LogP contribution is -2.41. The molecule has 0 saturated heterocycles. The Hall–Kier alpha value is -5.18. The van der Waals surface area contributed by atoms with Crippen molar-refractivity contribution in [2.75, 3.05) is 23.3 Å². The van der Waals surface area contributed by atoms with Gasteiger partial charge in [-0.15, -0.1) is 0 Å². The first-order valence-electron chi connectivity index (χ1n) is 21.4. The van der Waals surface area contributed by atoms with E-state index in [1.54, 1.807) is 12.1 Å². The van der Waals surface area contributed by atoms with Crippen molar-refractivity contribution < 1.29 is 19.1 Å². The Bertz CT molecular complexity index is 1830. The second-order valence-electron chi connectivity index (χ2n) is 14.9. The van der Waals surface area contributed by atoms with Crippen LogP contribution in [0.2, 0.25) is 0 Å². The summed E-state index contributed by atoms with van der Waals surface area (Å²) in [6.45, 7) is 12.4. The van der Waals surface area contributed by atoms with Gasteiger partial charge in [-0.05, 0) is 106 Å². The van der Waals surface area contributed by atoms with Crippen molar-refractivity contribution in [3.63, 3.8) is 0 Å². The minimum Gasteiger partial charge on any atom is -0.481 e. The number of para-hydroxylation sites is 1. The molecule has 0 aliphatic heterocycles. The molecule has 1 atom stereocenters. The Labute approximate surface area is 341 Å². The van der Waals surface area contributed by atoms with E-state index in [0.717, 1.165) is 62.9 Å². The molecule has 306 valence electrons. The fourth-order valence-corrected chi connectivity index (χ4v) is 6.94. The summed E-state index contributed by atoms with van der Waals surface area (Å²) >= 11 is 0. The molecule has 3 N–H and O–H groups in total. The Balaban J connectivity index is 1.57. The molecule has 0 saturated carbocycles. The van der Waals surface area contributed by atoms with Gasteiger partial charge in [-0.3, -0.25) is 9.59 Å². The summed E-state index contributed by atoms with van der Waals surface area (Å²) in [6, 6.07) is 22.5. The molecule has 0 heterocycles. The van der Waals surface area contributed by atoms with E-state index >= 15 is 0 Å². The summed E-state index contributed by atoms with van der Waals surface area (Å²) in [4.78, 5) is 48.0. The van der Waals surface area contributed by atoms with Gasteiger partial charge in [-0.2, -0.15) is 0 Å². The van der Waals surface area contributed by atoms with Crippen molar-refractivity contribution in [3.05, 3.63) is 107 Å². The highest BCUT2D eigenvalue weighted by Gasteiger charge is 2.27. The van der Waals surface area contributed by atoms with Crippen LogP contribution in [-0.2, 0) is 16.0 Å². The lowest BCUT2D eigenvalue weighted by molar-refractivity contribution is -0.127. The first-order valence-corrected chi connectivity index (χ1v) is 21.4. The number of carbonyl (C=O) groups excluding carboxylic acids is 3. The minimum atomic E-state index is -0.784. The van der Waals surface area contributed by atoms with Crippen molar-refractivity contribution in [2.45, 2.75) is 131 Å². The number of unbranched alkanes of at least 4 members (excludes halogenated alkanes) is 10. The average molecular weight is 776 g/mol. The largest absolute Gasteiger partial charge is 0.481 e. The predicted octanol–water partition coefficient (Wildman–Crippen LogP) is 11.3. The smallest absolute Gasteiger partial charge is 0.323 e. The molecule has 57 heavy (non-hydrogen) atoms. The van der Waals surface area contributed by atoms with E-state index in [4.69, 9.17) is 9.73 Å². The zero-order valence-corrected chi connectivity index (χ0v) is 35.0. The molecule has 1 unspecified atom stereocenters. The summed E-state index contributed by atoms with van der Waals surface area (Å²) in [5, 5.41) is 8.47. The first kappa shape index (κ1) is 44.5.